The summed E-state index contributed by atoms with van der Waals surface area (Å²) in [7, 11) is -4.04. The average Bonchev–Trinajstić information content (AvgIpc) is 2.17. The molecule has 0 amide bonds. The minimum Gasteiger partial charge on any atom is -0.327 e. The van der Waals surface area contributed by atoms with Crippen molar-refractivity contribution in [2.75, 3.05) is 6.54 Å². The Labute approximate surface area is 86.6 Å². The zero-order valence-electron chi connectivity index (χ0n) is 7.15. The van der Waals surface area contributed by atoms with E-state index < -0.39 is 21.9 Å². The number of sulfone groups is 1. The molecule has 2 N–H and O–H groups in total. The Morgan fingerprint density at radius 1 is 1.43 bits per heavy atom. The van der Waals surface area contributed by atoms with Crippen molar-refractivity contribution in [2.24, 2.45) is 5.73 Å². The maximum atomic E-state index is 13.0. The number of halogens is 2. The molecule has 0 radical (unpaired) electrons. The quantitative estimate of drug-likeness (QED) is 0.864. The maximum absolute atomic E-state index is 13.0. The van der Waals surface area contributed by atoms with Gasteiger partial charge in [-0.25, -0.2) is 12.8 Å². The van der Waals surface area contributed by atoms with E-state index in [0.717, 1.165) is 0 Å². The Kier molecular flexibility index (Phi) is 3.47. The van der Waals surface area contributed by atoms with E-state index in [9.17, 15) is 12.8 Å². The van der Waals surface area contributed by atoms with Crippen LogP contribution in [0.2, 0.25) is 5.02 Å². The van der Waals surface area contributed by atoms with Crippen molar-refractivity contribution in [1.29, 1.82) is 0 Å². The van der Waals surface area contributed by atoms with Crippen LogP contribution in [0.3, 0.4) is 0 Å². The van der Waals surface area contributed by atoms with Gasteiger partial charge in [0.2, 0.25) is 15.3 Å². The van der Waals surface area contributed by atoms with Gasteiger partial charge in [0.05, 0.1) is 9.92 Å². The van der Waals surface area contributed by atoms with Crippen LogP contribution in [-0.2, 0) is 9.84 Å². The summed E-state index contributed by atoms with van der Waals surface area (Å²) >= 11 is 5.62. The van der Waals surface area contributed by atoms with Crippen molar-refractivity contribution in [3.8, 4) is 0 Å². The van der Waals surface area contributed by atoms with Gasteiger partial charge in [-0.05, 0) is 12.1 Å². The molecular formula is C8H9ClFNO2S. The molecule has 0 aliphatic carbocycles. The average molecular weight is 238 g/mol. The van der Waals surface area contributed by atoms with Gasteiger partial charge in [-0.1, -0.05) is 23.7 Å². The van der Waals surface area contributed by atoms with Crippen LogP contribution in [0.15, 0.2) is 29.2 Å². The molecule has 78 valence electrons. The highest BCUT2D eigenvalue weighted by molar-refractivity contribution is 7.92. The minimum absolute atomic E-state index is 0.00333. The molecule has 3 nitrogen and oxygen atoms in total. The summed E-state index contributed by atoms with van der Waals surface area (Å²) in [4.78, 5) is -0.223. The van der Waals surface area contributed by atoms with Gasteiger partial charge >= 0.3 is 0 Å². The van der Waals surface area contributed by atoms with Crippen molar-refractivity contribution >= 4 is 21.4 Å². The molecule has 0 aliphatic rings. The van der Waals surface area contributed by atoms with Gasteiger partial charge in [0.15, 0.2) is 0 Å². The van der Waals surface area contributed by atoms with Crippen molar-refractivity contribution in [3.05, 3.63) is 29.3 Å². The predicted octanol–water partition coefficient (Wildman–Crippen LogP) is 1.37. The van der Waals surface area contributed by atoms with Gasteiger partial charge in [0.1, 0.15) is 0 Å². The summed E-state index contributed by atoms with van der Waals surface area (Å²) in [5, 5.41) is 0.00333. The highest BCUT2D eigenvalue weighted by Crippen LogP contribution is 2.24. The molecule has 1 aromatic rings. The second-order valence-corrected chi connectivity index (χ2v) is 5.07. The summed E-state index contributed by atoms with van der Waals surface area (Å²) in [5.74, 6) is 0. The van der Waals surface area contributed by atoms with Gasteiger partial charge in [-0.15, -0.1) is 0 Å². The summed E-state index contributed by atoms with van der Waals surface area (Å²) in [6, 6.07) is 5.68. The fourth-order valence-electron chi connectivity index (χ4n) is 0.940. The molecule has 0 heterocycles. The molecule has 0 saturated heterocycles. The van der Waals surface area contributed by atoms with E-state index in [1.807, 2.05) is 0 Å². The zero-order valence-corrected chi connectivity index (χ0v) is 8.72. The monoisotopic (exact) mass is 237 g/mol. The van der Waals surface area contributed by atoms with Crippen LogP contribution >= 0.6 is 11.6 Å². The number of hydrogen-bond acceptors (Lipinski definition) is 3. The molecular weight excluding hydrogens is 229 g/mol. The van der Waals surface area contributed by atoms with Crippen LogP contribution in [0.1, 0.15) is 0 Å². The van der Waals surface area contributed by atoms with Crippen LogP contribution in [0, 0.1) is 0 Å². The smallest absolute Gasteiger partial charge is 0.217 e. The Balaban J connectivity index is 3.24. The zero-order chi connectivity index (χ0) is 10.8. The number of alkyl halides is 1. The van der Waals surface area contributed by atoms with E-state index in [2.05, 4.69) is 0 Å². The molecule has 1 aromatic carbocycles. The molecule has 1 unspecified atom stereocenters. The SMILES string of the molecule is NCC(F)S(=O)(=O)c1ccccc1Cl. The van der Waals surface area contributed by atoms with Gasteiger partial charge in [-0.2, -0.15) is 0 Å². The van der Waals surface area contributed by atoms with E-state index in [4.69, 9.17) is 17.3 Å². The van der Waals surface area contributed by atoms with E-state index in [1.54, 1.807) is 6.07 Å². The maximum Gasteiger partial charge on any atom is 0.217 e. The largest absolute Gasteiger partial charge is 0.327 e. The number of nitrogens with two attached hydrogens (primary N) is 1. The lowest BCUT2D eigenvalue weighted by atomic mass is 10.4. The lowest BCUT2D eigenvalue weighted by Gasteiger charge is -2.08. The predicted molar refractivity (Wildman–Crippen MR) is 52.6 cm³/mol. The second kappa shape index (κ2) is 4.25. The molecule has 0 aliphatic heterocycles. The normalized spacial score (nSPS) is 13.9. The summed E-state index contributed by atoms with van der Waals surface area (Å²) in [5.41, 5.74) is 2.84. The molecule has 0 saturated carbocycles. The van der Waals surface area contributed by atoms with Crippen molar-refractivity contribution < 1.29 is 12.8 Å². The first-order valence-corrected chi connectivity index (χ1v) is 5.75. The van der Waals surface area contributed by atoms with Crippen LogP contribution in [-0.4, -0.2) is 20.5 Å². The number of hydrogen-bond donors (Lipinski definition) is 1. The highest BCUT2D eigenvalue weighted by Gasteiger charge is 2.27. The molecule has 0 bridgehead atoms. The first kappa shape index (κ1) is 11.4. The fraction of sp³-hybridized carbons (Fsp3) is 0.250. The third-order valence-electron chi connectivity index (χ3n) is 1.67. The third kappa shape index (κ3) is 2.05. The van der Waals surface area contributed by atoms with Gasteiger partial charge in [-0.3, -0.25) is 0 Å². The van der Waals surface area contributed by atoms with Crippen LogP contribution < -0.4 is 5.73 Å². The fourth-order valence-corrected chi connectivity index (χ4v) is 2.54. The summed E-state index contributed by atoms with van der Waals surface area (Å²) in [6.07, 6.45) is 0. The molecule has 1 rings (SSSR count). The highest BCUT2D eigenvalue weighted by atomic mass is 35.5. The van der Waals surface area contributed by atoms with Gasteiger partial charge in [0.25, 0.3) is 0 Å². The Morgan fingerprint density at radius 2 is 2.00 bits per heavy atom. The topological polar surface area (TPSA) is 60.2 Å². The van der Waals surface area contributed by atoms with E-state index in [1.165, 1.54) is 18.2 Å². The standard InChI is InChI=1S/C8H9ClFNO2S/c9-6-3-1-2-4-7(6)14(12,13)8(10)5-11/h1-4,8H,5,11H2. The van der Waals surface area contributed by atoms with E-state index >= 15 is 0 Å². The Bertz CT molecular complexity index is 421. The van der Waals surface area contributed by atoms with Gasteiger partial charge < -0.3 is 5.73 Å². The van der Waals surface area contributed by atoms with Crippen LogP contribution in [0.25, 0.3) is 0 Å². The molecule has 1 atom stereocenters. The first-order chi connectivity index (χ1) is 6.50. The molecule has 0 aromatic heterocycles. The van der Waals surface area contributed by atoms with Crippen molar-refractivity contribution in [1.82, 2.24) is 0 Å². The minimum atomic E-state index is -4.04. The first-order valence-electron chi connectivity index (χ1n) is 3.82. The molecule has 0 fully saturated rings. The van der Waals surface area contributed by atoms with Crippen molar-refractivity contribution in [2.45, 2.75) is 10.4 Å². The lowest BCUT2D eigenvalue weighted by molar-refractivity contribution is 0.425. The van der Waals surface area contributed by atoms with Gasteiger partial charge in [0, 0.05) is 6.54 Å². The van der Waals surface area contributed by atoms with Crippen LogP contribution in [0.5, 0.6) is 0 Å². The Morgan fingerprint density at radius 3 is 2.50 bits per heavy atom. The number of benzene rings is 1. The number of rotatable bonds is 3. The summed E-state index contributed by atoms with van der Waals surface area (Å²) in [6.45, 7) is -0.576. The van der Waals surface area contributed by atoms with E-state index in [-0.39, 0.29) is 9.92 Å². The summed E-state index contributed by atoms with van der Waals surface area (Å²) < 4.78 is 35.9. The third-order valence-corrected chi connectivity index (χ3v) is 3.94. The van der Waals surface area contributed by atoms with E-state index in [0.29, 0.717) is 0 Å². The molecule has 6 heteroatoms. The lowest BCUT2D eigenvalue weighted by Crippen LogP contribution is -2.25. The second-order valence-electron chi connectivity index (χ2n) is 2.62. The van der Waals surface area contributed by atoms with Crippen LogP contribution in [0.4, 0.5) is 4.39 Å². The molecule has 14 heavy (non-hydrogen) atoms. The van der Waals surface area contributed by atoms with Crippen molar-refractivity contribution in [3.63, 3.8) is 0 Å². The Hall–Kier alpha value is -0.650. The molecule has 0 spiro atoms.